The summed E-state index contributed by atoms with van der Waals surface area (Å²) < 4.78 is 23.2. The van der Waals surface area contributed by atoms with Crippen molar-refractivity contribution in [3.05, 3.63) is 30.3 Å². The van der Waals surface area contributed by atoms with Crippen LogP contribution in [0, 0.1) is 0 Å². The van der Waals surface area contributed by atoms with Crippen LogP contribution in [0.1, 0.15) is 78.1 Å². The first-order valence-electron chi connectivity index (χ1n) is 12.2. The highest BCUT2D eigenvalue weighted by molar-refractivity contribution is 6.66. The van der Waals surface area contributed by atoms with Crippen molar-refractivity contribution in [2.45, 2.75) is 90.6 Å². The van der Waals surface area contributed by atoms with Gasteiger partial charge in [0.1, 0.15) is 5.75 Å². The van der Waals surface area contributed by atoms with Gasteiger partial charge in [0.2, 0.25) is 0 Å². The average Bonchev–Trinajstić information content (AvgIpc) is 2.74. The van der Waals surface area contributed by atoms with Crippen LogP contribution in [0.4, 0.5) is 0 Å². The van der Waals surface area contributed by atoms with E-state index < -0.39 is 8.56 Å². The van der Waals surface area contributed by atoms with Crippen LogP contribution in [0.15, 0.2) is 30.3 Å². The Balaban J connectivity index is 1.79. The van der Waals surface area contributed by atoms with Crippen LogP contribution >= 0.6 is 0 Å². The minimum absolute atomic E-state index is 0.725. The molecule has 30 heavy (non-hydrogen) atoms. The van der Waals surface area contributed by atoms with Crippen LogP contribution in [-0.2, 0) is 13.6 Å². The molecule has 0 saturated heterocycles. The van der Waals surface area contributed by atoms with Gasteiger partial charge in [-0.15, -0.1) is 0 Å². The molecule has 1 aromatic rings. The summed E-state index contributed by atoms with van der Waals surface area (Å²) in [5, 5.41) is 0. The Kier molecular flexibility index (Phi) is 17.1. The van der Waals surface area contributed by atoms with E-state index in [1.165, 1.54) is 57.8 Å². The molecule has 0 unspecified atom stereocenters. The fourth-order valence-corrected chi connectivity index (χ4v) is 6.14. The van der Waals surface area contributed by atoms with Crippen molar-refractivity contribution in [1.82, 2.24) is 0 Å². The van der Waals surface area contributed by atoms with E-state index in [1.54, 1.807) is 0 Å². The number of unbranched alkanes of at least 4 members (excludes halogenated alkanes) is 8. The van der Waals surface area contributed by atoms with Gasteiger partial charge in [-0.1, -0.05) is 69.6 Å². The molecule has 0 radical (unpaired) electrons. The van der Waals surface area contributed by atoms with Gasteiger partial charge in [-0.2, -0.15) is 0 Å². The van der Waals surface area contributed by atoms with Gasteiger partial charge in [0.15, 0.2) is 0 Å². The van der Waals surface area contributed by atoms with E-state index in [2.05, 4.69) is 20.4 Å². The second kappa shape index (κ2) is 18.9. The van der Waals surface area contributed by atoms with Gasteiger partial charge in [-0.3, -0.25) is 0 Å². The molecular formula is C25H46O4Si. The molecule has 0 aliphatic carbocycles. The van der Waals surface area contributed by atoms with E-state index in [0.717, 1.165) is 51.2 Å². The molecule has 0 aromatic heterocycles. The van der Waals surface area contributed by atoms with Crippen molar-refractivity contribution in [3.8, 4) is 5.75 Å². The Morgan fingerprint density at radius 1 is 0.633 bits per heavy atom. The molecule has 0 spiro atoms. The van der Waals surface area contributed by atoms with Gasteiger partial charge in [-0.25, -0.2) is 0 Å². The molecular weight excluding hydrogens is 392 g/mol. The van der Waals surface area contributed by atoms with E-state index in [0.29, 0.717) is 0 Å². The van der Waals surface area contributed by atoms with Crippen molar-refractivity contribution in [2.75, 3.05) is 33.0 Å². The predicted molar refractivity (Wildman–Crippen MR) is 129 cm³/mol. The minimum Gasteiger partial charge on any atom is -0.494 e. The maximum absolute atomic E-state index is 5.91. The first-order valence-corrected chi connectivity index (χ1v) is 14.8. The van der Waals surface area contributed by atoms with Crippen LogP contribution in [-0.4, -0.2) is 41.6 Å². The minimum atomic E-state index is -1.89. The molecule has 5 heteroatoms. The van der Waals surface area contributed by atoms with Crippen LogP contribution in [0.3, 0.4) is 0 Å². The van der Waals surface area contributed by atoms with Crippen LogP contribution in [0.25, 0.3) is 0 Å². The first kappa shape index (κ1) is 27.2. The summed E-state index contributed by atoms with van der Waals surface area (Å²) in [7, 11) is -1.89. The van der Waals surface area contributed by atoms with Crippen molar-refractivity contribution in [1.29, 1.82) is 0 Å². The predicted octanol–water partition coefficient (Wildman–Crippen LogP) is 7.13. The lowest BCUT2D eigenvalue weighted by atomic mass is 10.1. The molecule has 4 nitrogen and oxygen atoms in total. The number of hydrogen-bond acceptors (Lipinski definition) is 4. The van der Waals surface area contributed by atoms with E-state index in [9.17, 15) is 0 Å². The standard InChI is InChI=1S/C25H46O4Si/c1-4-28-30(3,29-5-2)24-17-12-10-8-6-7-9-11-16-21-26-22-18-23-27-25-19-14-13-15-20-25/h13-15,19-20H,4-12,16-18,21-24H2,1-3H3. The quantitative estimate of drug-likeness (QED) is 0.151. The summed E-state index contributed by atoms with van der Waals surface area (Å²) in [6.45, 7) is 10.3. The van der Waals surface area contributed by atoms with E-state index in [-0.39, 0.29) is 0 Å². The van der Waals surface area contributed by atoms with Gasteiger partial charge >= 0.3 is 8.56 Å². The summed E-state index contributed by atoms with van der Waals surface area (Å²) in [5.74, 6) is 0.939. The molecule has 0 saturated carbocycles. The molecule has 0 N–H and O–H groups in total. The van der Waals surface area contributed by atoms with E-state index >= 15 is 0 Å². The van der Waals surface area contributed by atoms with Gasteiger partial charge in [0.05, 0.1) is 6.61 Å². The Bertz CT molecular complexity index is 477. The SMILES string of the molecule is CCO[Si](C)(CCCCCCCCCCCOCCCOc1ccccc1)OCC. The summed E-state index contributed by atoms with van der Waals surface area (Å²) in [6.07, 6.45) is 12.7. The molecule has 0 heterocycles. The number of para-hydroxylation sites is 1. The smallest absolute Gasteiger partial charge is 0.334 e. The van der Waals surface area contributed by atoms with E-state index in [1.807, 2.05) is 30.3 Å². The lowest BCUT2D eigenvalue weighted by Gasteiger charge is -2.25. The zero-order valence-electron chi connectivity index (χ0n) is 19.8. The zero-order valence-corrected chi connectivity index (χ0v) is 20.8. The fourth-order valence-electron chi connectivity index (χ4n) is 3.65. The fraction of sp³-hybridized carbons (Fsp3) is 0.760. The zero-order chi connectivity index (χ0) is 21.8. The molecule has 174 valence electrons. The third kappa shape index (κ3) is 15.0. The van der Waals surface area contributed by atoms with Crippen molar-refractivity contribution in [3.63, 3.8) is 0 Å². The van der Waals surface area contributed by atoms with Crippen molar-refractivity contribution >= 4 is 8.56 Å². The summed E-state index contributed by atoms with van der Waals surface area (Å²) in [4.78, 5) is 0. The third-order valence-electron chi connectivity index (χ3n) is 5.26. The lowest BCUT2D eigenvalue weighted by Crippen LogP contribution is -2.38. The molecule has 1 rings (SSSR count). The summed E-state index contributed by atoms with van der Waals surface area (Å²) in [6, 6.07) is 11.1. The van der Waals surface area contributed by atoms with Gasteiger partial charge in [0, 0.05) is 32.8 Å². The molecule has 0 aliphatic heterocycles. The highest BCUT2D eigenvalue weighted by Gasteiger charge is 2.29. The van der Waals surface area contributed by atoms with Crippen LogP contribution < -0.4 is 4.74 Å². The molecule has 1 aromatic carbocycles. The van der Waals surface area contributed by atoms with E-state index in [4.69, 9.17) is 18.3 Å². The van der Waals surface area contributed by atoms with Crippen molar-refractivity contribution < 1.29 is 18.3 Å². The molecule has 0 aliphatic rings. The average molecular weight is 439 g/mol. The highest BCUT2D eigenvalue weighted by Crippen LogP contribution is 2.19. The molecule has 0 bridgehead atoms. The molecule has 0 atom stereocenters. The monoisotopic (exact) mass is 438 g/mol. The Hall–Kier alpha value is -0.883. The van der Waals surface area contributed by atoms with Gasteiger partial charge in [-0.05, 0) is 45.0 Å². The Morgan fingerprint density at radius 2 is 1.17 bits per heavy atom. The highest BCUT2D eigenvalue weighted by atomic mass is 28.4. The maximum Gasteiger partial charge on any atom is 0.334 e. The maximum atomic E-state index is 5.91. The Labute approximate surface area is 186 Å². The number of ether oxygens (including phenoxy) is 2. The van der Waals surface area contributed by atoms with Crippen LogP contribution in [0.2, 0.25) is 12.6 Å². The molecule has 0 fully saturated rings. The van der Waals surface area contributed by atoms with Gasteiger partial charge < -0.3 is 18.3 Å². The van der Waals surface area contributed by atoms with Crippen LogP contribution in [0.5, 0.6) is 5.75 Å². The Morgan fingerprint density at radius 3 is 1.77 bits per heavy atom. The number of benzene rings is 1. The normalized spacial score (nSPS) is 11.7. The van der Waals surface area contributed by atoms with Gasteiger partial charge in [0.25, 0.3) is 0 Å². The lowest BCUT2D eigenvalue weighted by molar-refractivity contribution is 0.115. The first-order chi connectivity index (χ1) is 14.7. The summed E-state index contributed by atoms with van der Waals surface area (Å²) >= 11 is 0. The number of hydrogen-bond donors (Lipinski definition) is 0. The molecule has 0 amide bonds. The second-order valence-electron chi connectivity index (χ2n) is 8.06. The van der Waals surface area contributed by atoms with Crippen molar-refractivity contribution in [2.24, 2.45) is 0 Å². The topological polar surface area (TPSA) is 36.9 Å². The second-order valence-corrected chi connectivity index (χ2v) is 11.4. The summed E-state index contributed by atoms with van der Waals surface area (Å²) in [5.41, 5.74) is 0. The third-order valence-corrected chi connectivity index (χ3v) is 8.32. The number of rotatable bonds is 21. The largest absolute Gasteiger partial charge is 0.494 e.